The molecule has 2 N–H and O–H groups in total. The van der Waals surface area contributed by atoms with Gasteiger partial charge in [0.05, 0.1) is 24.7 Å². The molecule has 162 valence electrons. The summed E-state index contributed by atoms with van der Waals surface area (Å²) in [6.45, 7) is 5.87. The fourth-order valence-corrected chi connectivity index (χ4v) is 6.84. The molecule has 1 amide bonds. The second-order valence-electron chi connectivity index (χ2n) is 8.98. The third-order valence-corrected chi connectivity index (χ3v) is 8.10. The molecule has 0 unspecified atom stereocenters. The number of primary amides is 1. The lowest BCUT2D eigenvalue weighted by Gasteiger charge is -2.38. The van der Waals surface area contributed by atoms with Gasteiger partial charge in [0.2, 0.25) is 5.91 Å². The fraction of sp³-hybridized carbons (Fsp3) is 0.652. The Bertz CT molecular complexity index is 929. The van der Waals surface area contributed by atoms with Crippen molar-refractivity contribution in [2.24, 2.45) is 5.73 Å². The molecule has 1 atom stereocenters. The first-order valence-corrected chi connectivity index (χ1v) is 12.1. The number of ether oxygens (including phenoxy) is 2. The summed E-state index contributed by atoms with van der Waals surface area (Å²) >= 11 is 1.77. The van der Waals surface area contributed by atoms with E-state index >= 15 is 0 Å². The number of aromatic nitrogens is 1. The van der Waals surface area contributed by atoms with Crippen LogP contribution in [0.25, 0.3) is 10.2 Å². The third kappa shape index (κ3) is 3.95. The summed E-state index contributed by atoms with van der Waals surface area (Å²) in [6, 6.07) is 2.75. The largest absolute Gasteiger partial charge is 0.490 e. The Morgan fingerprint density at radius 3 is 2.77 bits per heavy atom. The van der Waals surface area contributed by atoms with E-state index in [0.29, 0.717) is 12.5 Å². The van der Waals surface area contributed by atoms with Gasteiger partial charge in [-0.15, -0.1) is 11.3 Å². The maximum Gasteiger partial charge on any atom is 0.218 e. The average Bonchev–Trinajstić information content (AvgIpc) is 3.28. The molecule has 0 aromatic carbocycles. The Morgan fingerprint density at radius 2 is 2.03 bits per heavy atom. The molecule has 5 rings (SSSR count). The molecule has 7 heteroatoms. The molecule has 6 nitrogen and oxygen atoms in total. The van der Waals surface area contributed by atoms with Crippen molar-refractivity contribution < 1.29 is 14.3 Å². The van der Waals surface area contributed by atoms with Gasteiger partial charge >= 0.3 is 0 Å². The van der Waals surface area contributed by atoms with Crippen molar-refractivity contribution in [3.63, 3.8) is 0 Å². The van der Waals surface area contributed by atoms with Gasteiger partial charge in [0.15, 0.2) is 0 Å². The number of thiophene rings is 1. The minimum atomic E-state index is -0.226. The highest BCUT2D eigenvalue weighted by atomic mass is 32.1. The number of nitrogens with two attached hydrogens (primary N) is 1. The van der Waals surface area contributed by atoms with Crippen LogP contribution in [-0.4, -0.2) is 54.2 Å². The predicted octanol–water partition coefficient (Wildman–Crippen LogP) is 3.53. The quantitative estimate of drug-likeness (QED) is 0.787. The fourth-order valence-electron chi connectivity index (χ4n) is 5.51. The van der Waals surface area contributed by atoms with Crippen LogP contribution in [0, 0.1) is 6.92 Å². The van der Waals surface area contributed by atoms with Crippen molar-refractivity contribution in [3.8, 4) is 5.75 Å². The van der Waals surface area contributed by atoms with E-state index in [1.54, 1.807) is 11.3 Å². The smallest absolute Gasteiger partial charge is 0.218 e. The number of carbonyl (C=O) groups excluding carboxylic acids is 1. The van der Waals surface area contributed by atoms with Crippen LogP contribution in [0.1, 0.15) is 60.6 Å². The van der Waals surface area contributed by atoms with Gasteiger partial charge in [-0.2, -0.15) is 0 Å². The van der Waals surface area contributed by atoms with Gasteiger partial charge in [-0.05, 0) is 56.9 Å². The second-order valence-corrected chi connectivity index (χ2v) is 10.1. The molecule has 1 saturated heterocycles. The molecular weight excluding hydrogens is 398 g/mol. The molecule has 2 fully saturated rings. The second kappa shape index (κ2) is 8.44. The van der Waals surface area contributed by atoms with Crippen LogP contribution >= 0.6 is 11.3 Å². The molecule has 0 bridgehead atoms. The van der Waals surface area contributed by atoms with Crippen LogP contribution in [0.3, 0.4) is 0 Å². The predicted molar refractivity (Wildman–Crippen MR) is 118 cm³/mol. The highest BCUT2D eigenvalue weighted by molar-refractivity contribution is 7.19. The average molecular weight is 430 g/mol. The molecule has 2 aliphatic carbocycles. The first kappa shape index (κ1) is 20.2. The number of hydrogen-bond donors (Lipinski definition) is 1. The van der Waals surface area contributed by atoms with Gasteiger partial charge in [0.1, 0.15) is 10.6 Å². The molecule has 0 radical (unpaired) electrons. The van der Waals surface area contributed by atoms with Gasteiger partial charge in [-0.3, -0.25) is 9.69 Å². The number of fused-ring (bicyclic) bond motifs is 3. The molecule has 30 heavy (non-hydrogen) atoms. The van der Waals surface area contributed by atoms with Crippen LogP contribution < -0.4 is 10.5 Å². The van der Waals surface area contributed by atoms with Crippen LogP contribution in [0.4, 0.5) is 0 Å². The van der Waals surface area contributed by atoms with Gasteiger partial charge in [0, 0.05) is 42.2 Å². The zero-order valence-corrected chi connectivity index (χ0v) is 18.5. The topological polar surface area (TPSA) is 77.7 Å². The summed E-state index contributed by atoms with van der Waals surface area (Å²) in [7, 11) is 0. The number of hydrogen-bond acceptors (Lipinski definition) is 6. The van der Waals surface area contributed by atoms with Crippen LogP contribution in [-0.2, 0) is 16.0 Å². The molecule has 3 aliphatic rings. The number of pyridine rings is 1. The minimum Gasteiger partial charge on any atom is -0.490 e. The number of rotatable bonds is 5. The van der Waals surface area contributed by atoms with E-state index < -0.39 is 0 Å². The summed E-state index contributed by atoms with van der Waals surface area (Å²) < 4.78 is 12.1. The van der Waals surface area contributed by atoms with Crippen molar-refractivity contribution in [2.45, 2.75) is 69.9 Å². The standard InChI is InChI=1S/C23H31N3O3S/c1-14-12-18(29-17-5-3-16(4-6-17)26-8-10-28-11-9-26)22-21-15(13-20(24)27)2-7-19(21)30-23(22)25-14/h12,15-17H,2-11,13H2,1H3,(H2,24,27)/t15-,16-,17-/m1/s1. The van der Waals surface area contributed by atoms with E-state index in [9.17, 15) is 4.79 Å². The van der Waals surface area contributed by atoms with Gasteiger partial charge < -0.3 is 15.2 Å². The lowest BCUT2D eigenvalue weighted by molar-refractivity contribution is -0.118. The summed E-state index contributed by atoms with van der Waals surface area (Å²) in [6.07, 6.45) is 7.21. The van der Waals surface area contributed by atoms with E-state index in [0.717, 1.165) is 73.6 Å². The Balaban J connectivity index is 1.35. The highest BCUT2D eigenvalue weighted by Gasteiger charge is 2.32. The van der Waals surface area contributed by atoms with Crippen LogP contribution in [0.2, 0.25) is 0 Å². The maximum absolute atomic E-state index is 11.6. The Hall–Kier alpha value is -1.70. The molecule has 0 spiro atoms. The van der Waals surface area contributed by atoms with E-state index in [1.807, 2.05) is 6.92 Å². The Kier molecular flexibility index (Phi) is 5.69. The number of morpholine rings is 1. The van der Waals surface area contributed by atoms with E-state index in [1.165, 1.54) is 23.3 Å². The summed E-state index contributed by atoms with van der Waals surface area (Å²) in [5.41, 5.74) is 7.80. The van der Waals surface area contributed by atoms with Crippen molar-refractivity contribution in [3.05, 3.63) is 22.2 Å². The first-order chi connectivity index (χ1) is 14.6. The van der Waals surface area contributed by atoms with E-state index in [-0.39, 0.29) is 17.9 Å². The van der Waals surface area contributed by atoms with E-state index in [4.69, 9.17) is 20.2 Å². The van der Waals surface area contributed by atoms with Gasteiger partial charge in [0.25, 0.3) is 0 Å². The number of aryl methyl sites for hydroxylation is 2. The number of amides is 1. The molecule has 2 aromatic rings. The molecule has 1 aliphatic heterocycles. The lowest BCUT2D eigenvalue weighted by Crippen LogP contribution is -2.46. The van der Waals surface area contributed by atoms with Gasteiger partial charge in [-0.1, -0.05) is 0 Å². The SMILES string of the molecule is Cc1cc(O[C@H]2CC[C@H](N3CCOCC3)CC2)c2c3c(sc2n1)CC[C@@H]3CC(N)=O. The van der Waals surface area contributed by atoms with Crippen molar-refractivity contribution >= 4 is 27.5 Å². The maximum atomic E-state index is 11.6. The normalized spacial score (nSPS) is 27.3. The number of nitrogens with zero attached hydrogens (tertiary/aromatic N) is 2. The zero-order valence-electron chi connectivity index (χ0n) is 17.7. The summed E-state index contributed by atoms with van der Waals surface area (Å²) in [5, 5.41) is 1.14. The summed E-state index contributed by atoms with van der Waals surface area (Å²) in [4.78, 5) is 21.4. The molecular formula is C23H31N3O3S. The monoisotopic (exact) mass is 429 g/mol. The van der Waals surface area contributed by atoms with Crippen LogP contribution in [0.5, 0.6) is 5.75 Å². The summed E-state index contributed by atoms with van der Waals surface area (Å²) in [5.74, 6) is 0.938. The first-order valence-electron chi connectivity index (χ1n) is 11.3. The molecule has 2 aromatic heterocycles. The van der Waals surface area contributed by atoms with Crippen molar-refractivity contribution in [1.29, 1.82) is 0 Å². The van der Waals surface area contributed by atoms with Crippen molar-refractivity contribution in [1.82, 2.24) is 9.88 Å². The van der Waals surface area contributed by atoms with Crippen LogP contribution in [0.15, 0.2) is 6.07 Å². The van der Waals surface area contributed by atoms with E-state index in [2.05, 4.69) is 11.0 Å². The lowest BCUT2D eigenvalue weighted by atomic mass is 9.91. The Morgan fingerprint density at radius 1 is 1.27 bits per heavy atom. The van der Waals surface area contributed by atoms with Crippen molar-refractivity contribution in [2.75, 3.05) is 26.3 Å². The molecule has 3 heterocycles. The highest BCUT2D eigenvalue weighted by Crippen LogP contribution is 2.48. The van der Waals surface area contributed by atoms with Gasteiger partial charge in [-0.25, -0.2) is 4.98 Å². The number of carbonyl (C=O) groups is 1. The third-order valence-electron chi connectivity index (χ3n) is 6.94. The molecule has 1 saturated carbocycles. The zero-order chi connectivity index (χ0) is 20.7. The Labute approximate surface area is 181 Å². The minimum absolute atomic E-state index is 0.204.